The molecule has 86 valence electrons. The van der Waals surface area contributed by atoms with Gasteiger partial charge in [0, 0.05) is 16.9 Å². The third kappa shape index (κ3) is 4.83. The minimum Gasteiger partial charge on any atom is -0.317 e. The predicted molar refractivity (Wildman–Crippen MR) is 73.4 cm³/mol. The lowest BCUT2D eigenvalue weighted by molar-refractivity contribution is 0.527. The Morgan fingerprint density at radius 1 is 1.44 bits per heavy atom. The molecule has 1 aromatic rings. The second-order valence-corrected chi connectivity index (χ2v) is 4.70. The Bertz CT molecular complexity index is 376. The van der Waals surface area contributed by atoms with Crippen LogP contribution in [-0.4, -0.2) is 13.1 Å². The van der Waals surface area contributed by atoms with Gasteiger partial charge in [-0.1, -0.05) is 28.1 Å². The Morgan fingerprint density at radius 3 is 2.88 bits per heavy atom. The highest BCUT2D eigenvalue weighted by Crippen LogP contribution is 2.14. The molecule has 0 bridgehead atoms. The summed E-state index contributed by atoms with van der Waals surface area (Å²) in [4.78, 5) is 0. The van der Waals surface area contributed by atoms with Crippen LogP contribution in [0.1, 0.15) is 25.3 Å². The van der Waals surface area contributed by atoms with Gasteiger partial charge in [0.05, 0.1) is 0 Å². The van der Waals surface area contributed by atoms with Gasteiger partial charge in [0.15, 0.2) is 0 Å². The maximum absolute atomic E-state index is 3.50. The van der Waals surface area contributed by atoms with Crippen LogP contribution in [0.4, 0.5) is 0 Å². The topological polar surface area (TPSA) is 12.0 Å². The van der Waals surface area contributed by atoms with E-state index in [1.165, 1.54) is 5.56 Å². The number of benzene rings is 1. The second kappa shape index (κ2) is 7.49. The van der Waals surface area contributed by atoms with Gasteiger partial charge in [0.25, 0.3) is 0 Å². The standard InChI is InChI=1S/C14H18BrN/c1-3-4-5-9-14(16-2)11-12-7-6-8-13(15)10-12/h6-8,10,14,16H,5,9,11H2,1-2H3. The number of hydrogen-bond acceptors (Lipinski definition) is 1. The first-order valence-corrected chi connectivity index (χ1v) is 6.37. The van der Waals surface area contributed by atoms with Crippen LogP contribution in [-0.2, 0) is 6.42 Å². The van der Waals surface area contributed by atoms with Gasteiger partial charge in [-0.3, -0.25) is 0 Å². The molecule has 0 fully saturated rings. The molecule has 0 heterocycles. The van der Waals surface area contributed by atoms with Crippen molar-refractivity contribution in [3.05, 3.63) is 34.3 Å². The minimum absolute atomic E-state index is 0.509. The van der Waals surface area contributed by atoms with Gasteiger partial charge in [0.1, 0.15) is 0 Å². The van der Waals surface area contributed by atoms with E-state index in [0.717, 1.165) is 23.7 Å². The molecule has 1 aromatic carbocycles. The predicted octanol–water partition coefficient (Wildman–Crippen LogP) is 3.38. The normalized spacial score (nSPS) is 11.7. The fourth-order valence-electron chi connectivity index (χ4n) is 1.67. The van der Waals surface area contributed by atoms with E-state index in [4.69, 9.17) is 0 Å². The maximum Gasteiger partial charge on any atom is 0.0178 e. The van der Waals surface area contributed by atoms with Gasteiger partial charge < -0.3 is 5.32 Å². The summed E-state index contributed by atoms with van der Waals surface area (Å²) in [6, 6.07) is 8.99. The van der Waals surface area contributed by atoms with Crippen molar-refractivity contribution in [3.63, 3.8) is 0 Å². The zero-order valence-electron chi connectivity index (χ0n) is 9.89. The van der Waals surface area contributed by atoms with E-state index < -0.39 is 0 Å². The van der Waals surface area contributed by atoms with Gasteiger partial charge in [0.2, 0.25) is 0 Å². The van der Waals surface area contributed by atoms with Crippen molar-refractivity contribution in [1.29, 1.82) is 0 Å². The molecule has 1 N–H and O–H groups in total. The monoisotopic (exact) mass is 279 g/mol. The van der Waals surface area contributed by atoms with Crippen molar-refractivity contribution in [3.8, 4) is 11.8 Å². The molecule has 2 heteroatoms. The third-order valence-corrected chi connectivity index (χ3v) is 3.07. The van der Waals surface area contributed by atoms with Crippen molar-refractivity contribution < 1.29 is 0 Å². The van der Waals surface area contributed by atoms with Crippen molar-refractivity contribution in [1.82, 2.24) is 5.32 Å². The SMILES string of the molecule is CC#CCCC(Cc1cccc(Br)c1)NC. The average Bonchev–Trinajstić information content (AvgIpc) is 2.28. The molecular formula is C14H18BrN. The summed E-state index contributed by atoms with van der Waals surface area (Å²) in [5.74, 6) is 6.05. The zero-order valence-corrected chi connectivity index (χ0v) is 11.5. The molecule has 0 aromatic heterocycles. The van der Waals surface area contributed by atoms with Gasteiger partial charge in [-0.15, -0.1) is 11.8 Å². The summed E-state index contributed by atoms with van der Waals surface area (Å²) in [6.07, 6.45) is 3.13. The van der Waals surface area contributed by atoms with Gasteiger partial charge in [-0.05, 0) is 44.5 Å². The molecule has 1 unspecified atom stereocenters. The number of hydrogen-bond donors (Lipinski definition) is 1. The lowest BCUT2D eigenvalue weighted by atomic mass is 10.0. The molecule has 1 atom stereocenters. The van der Waals surface area contributed by atoms with Crippen LogP contribution in [0.2, 0.25) is 0 Å². The number of likely N-dealkylation sites (N-methyl/N-ethyl adjacent to an activating group) is 1. The molecule has 0 saturated carbocycles. The number of rotatable bonds is 5. The van der Waals surface area contributed by atoms with Crippen LogP contribution >= 0.6 is 15.9 Å². The first kappa shape index (κ1) is 13.3. The summed E-state index contributed by atoms with van der Waals surface area (Å²) in [5, 5.41) is 3.35. The Morgan fingerprint density at radius 2 is 2.25 bits per heavy atom. The summed E-state index contributed by atoms with van der Waals surface area (Å²) in [5.41, 5.74) is 1.36. The van der Waals surface area contributed by atoms with Crippen LogP contribution in [0.5, 0.6) is 0 Å². The van der Waals surface area contributed by atoms with E-state index in [2.05, 4.69) is 57.4 Å². The maximum atomic E-state index is 3.50. The smallest absolute Gasteiger partial charge is 0.0178 e. The average molecular weight is 280 g/mol. The van der Waals surface area contributed by atoms with E-state index in [1.807, 2.05) is 14.0 Å². The van der Waals surface area contributed by atoms with E-state index in [1.54, 1.807) is 0 Å². The van der Waals surface area contributed by atoms with E-state index in [0.29, 0.717) is 6.04 Å². The van der Waals surface area contributed by atoms with E-state index in [9.17, 15) is 0 Å². The van der Waals surface area contributed by atoms with Gasteiger partial charge in [-0.25, -0.2) is 0 Å². The molecule has 16 heavy (non-hydrogen) atoms. The Kier molecular flexibility index (Phi) is 6.22. The lowest BCUT2D eigenvalue weighted by Crippen LogP contribution is -2.27. The molecule has 0 aliphatic rings. The highest BCUT2D eigenvalue weighted by atomic mass is 79.9. The van der Waals surface area contributed by atoms with Crippen LogP contribution in [0, 0.1) is 11.8 Å². The molecule has 1 rings (SSSR count). The molecule has 0 saturated heterocycles. The fraction of sp³-hybridized carbons (Fsp3) is 0.429. The second-order valence-electron chi connectivity index (χ2n) is 3.79. The Labute approximate surface area is 107 Å². The van der Waals surface area contributed by atoms with Gasteiger partial charge >= 0.3 is 0 Å². The largest absolute Gasteiger partial charge is 0.317 e. The molecule has 0 aliphatic carbocycles. The van der Waals surface area contributed by atoms with E-state index in [-0.39, 0.29) is 0 Å². The van der Waals surface area contributed by atoms with Crippen molar-refractivity contribution in [2.24, 2.45) is 0 Å². The molecule has 0 spiro atoms. The third-order valence-electron chi connectivity index (χ3n) is 2.57. The van der Waals surface area contributed by atoms with Crippen LogP contribution in [0.15, 0.2) is 28.7 Å². The summed E-state index contributed by atoms with van der Waals surface area (Å²) < 4.78 is 1.15. The zero-order chi connectivity index (χ0) is 11.8. The molecular weight excluding hydrogens is 262 g/mol. The number of halogens is 1. The van der Waals surface area contributed by atoms with Crippen LogP contribution < -0.4 is 5.32 Å². The molecule has 0 amide bonds. The fourth-order valence-corrected chi connectivity index (χ4v) is 2.11. The summed E-state index contributed by atoms with van der Waals surface area (Å²) in [6.45, 7) is 1.89. The van der Waals surface area contributed by atoms with E-state index >= 15 is 0 Å². The highest BCUT2D eigenvalue weighted by molar-refractivity contribution is 9.10. The summed E-state index contributed by atoms with van der Waals surface area (Å²) >= 11 is 3.50. The molecule has 0 aliphatic heterocycles. The van der Waals surface area contributed by atoms with Crippen LogP contribution in [0.3, 0.4) is 0 Å². The molecule has 1 nitrogen and oxygen atoms in total. The highest BCUT2D eigenvalue weighted by Gasteiger charge is 2.06. The first-order valence-electron chi connectivity index (χ1n) is 5.57. The minimum atomic E-state index is 0.509. The number of nitrogens with one attached hydrogen (secondary N) is 1. The Hall–Kier alpha value is -0.780. The summed E-state index contributed by atoms with van der Waals surface area (Å²) in [7, 11) is 2.02. The Balaban J connectivity index is 2.51. The van der Waals surface area contributed by atoms with Gasteiger partial charge in [-0.2, -0.15) is 0 Å². The molecule has 0 radical (unpaired) electrons. The lowest BCUT2D eigenvalue weighted by Gasteiger charge is -2.14. The quantitative estimate of drug-likeness (QED) is 0.815. The van der Waals surface area contributed by atoms with Crippen molar-refractivity contribution in [2.75, 3.05) is 7.05 Å². The van der Waals surface area contributed by atoms with Crippen molar-refractivity contribution in [2.45, 2.75) is 32.2 Å². The van der Waals surface area contributed by atoms with Crippen molar-refractivity contribution >= 4 is 15.9 Å². The first-order chi connectivity index (χ1) is 7.76. The van der Waals surface area contributed by atoms with Crippen LogP contribution in [0.25, 0.3) is 0 Å².